The SMILES string of the molecule is C/C(=N/N(C)C)c1ccc(F)cc1. The zero-order valence-corrected chi connectivity index (χ0v) is 8.08. The zero-order chi connectivity index (χ0) is 9.84. The molecule has 0 amide bonds. The highest BCUT2D eigenvalue weighted by Crippen LogP contribution is 2.04. The van der Waals surface area contributed by atoms with Crippen molar-refractivity contribution >= 4 is 5.71 Å². The lowest BCUT2D eigenvalue weighted by Gasteiger charge is -2.06. The number of hydrogen-bond donors (Lipinski definition) is 0. The Kier molecular flexibility index (Phi) is 3.01. The van der Waals surface area contributed by atoms with E-state index in [9.17, 15) is 4.39 Å². The number of nitrogens with zero attached hydrogens (tertiary/aromatic N) is 2. The predicted octanol–water partition coefficient (Wildman–Crippen LogP) is 2.11. The molecule has 2 nitrogen and oxygen atoms in total. The van der Waals surface area contributed by atoms with Crippen molar-refractivity contribution in [3.8, 4) is 0 Å². The second-order valence-corrected chi connectivity index (χ2v) is 3.04. The number of benzene rings is 1. The van der Waals surface area contributed by atoms with Gasteiger partial charge in [0.1, 0.15) is 5.82 Å². The van der Waals surface area contributed by atoms with E-state index in [4.69, 9.17) is 0 Å². The first-order chi connectivity index (χ1) is 6.09. The van der Waals surface area contributed by atoms with Crippen LogP contribution in [0.5, 0.6) is 0 Å². The molecule has 0 spiro atoms. The quantitative estimate of drug-likeness (QED) is 0.502. The molecule has 0 radical (unpaired) electrons. The lowest BCUT2D eigenvalue weighted by atomic mass is 10.1. The molecule has 1 rings (SSSR count). The second kappa shape index (κ2) is 4.03. The third-order valence-corrected chi connectivity index (χ3v) is 1.61. The number of rotatable bonds is 2. The molecule has 0 unspecified atom stereocenters. The lowest BCUT2D eigenvalue weighted by Crippen LogP contribution is -2.07. The summed E-state index contributed by atoms with van der Waals surface area (Å²) in [6, 6.07) is 6.31. The third-order valence-electron chi connectivity index (χ3n) is 1.61. The van der Waals surface area contributed by atoms with Crippen molar-refractivity contribution < 1.29 is 4.39 Å². The molecule has 0 atom stereocenters. The van der Waals surface area contributed by atoms with Crippen LogP contribution in [-0.4, -0.2) is 24.8 Å². The van der Waals surface area contributed by atoms with Crippen molar-refractivity contribution in [2.24, 2.45) is 5.10 Å². The molecule has 0 aromatic heterocycles. The minimum atomic E-state index is -0.221. The molecule has 0 saturated heterocycles. The Labute approximate surface area is 77.7 Å². The van der Waals surface area contributed by atoms with E-state index in [1.165, 1.54) is 12.1 Å². The van der Waals surface area contributed by atoms with Gasteiger partial charge in [0.15, 0.2) is 0 Å². The van der Waals surface area contributed by atoms with E-state index in [1.807, 2.05) is 21.0 Å². The minimum absolute atomic E-state index is 0.221. The topological polar surface area (TPSA) is 15.6 Å². The van der Waals surface area contributed by atoms with Crippen molar-refractivity contribution in [1.29, 1.82) is 0 Å². The fraction of sp³-hybridized carbons (Fsp3) is 0.300. The molecule has 0 fully saturated rings. The Morgan fingerprint density at radius 3 is 2.23 bits per heavy atom. The van der Waals surface area contributed by atoms with Crippen molar-refractivity contribution in [1.82, 2.24) is 5.01 Å². The van der Waals surface area contributed by atoms with Gasteiger partial charge in [-0.2, -0.15) is 5.10 Å². The van der Waals surface area contributed by atoms with E-state index in [0.29, 0.717) is 0 Å². The zero-order valence-electron chi connectivity index (χ0n) is 8.08. The van der Waals surface area contributed by atoms with Crippen LogP contribution in [0, 0.1) is 5.82 Å². The first-order valence-corrected chi connectivity index (χ1v) is 4.08. The van der Waals surface area contributed by atoms with Gasteiger partial charge in [-0.25, -0.2) is 4.39 Å². The molecular weight excluding hydrogens is 167 g/mol. The molecule has 3 heteroatoms. The summed E-state index contributed by atoms with van der Waals surface area (Å²) in [5, 5.41) is 5.93. The molecule has 70 valence electrons. The van der Waals surface area contributed by atoms with Crippen LogP contribution in [0.15, 0.2) is 29.4 Å². The summed E-state index contributed by atoms with van der Waals surface area (Å²) < 4.78 is 12.6. The molecule has 13 heavy (non-hydrogen) atoms. The maximum atomic E-state index is 12.6. The van der Waals surface area contributed by atoms with Gasteiger partial charge < -0.3 is 5.01 Å². The first-order valence-electron chi connectivity index (χ1n) is 4.08. The summed E-state index contributed by atoms with van der Waals surface area (Å²) in [5.41, 5.74) is 1.82. The molecular formula is C10H13FN2. The molecule has 1 aromatic carbocycles. The van der Waals surface area contributed by atoms with E-state index in [0.717, 1.165) is 11.3 Å². The molecule has 0 saturated carbocycles. The fourth-order valence-corrected chi connectivity index (χ4v) is 1.05. The predicted molar refractivity (Wildman–Crippen MR) is 52.3 cm³/mol. The molecule has 0 heterocycles. The number of hydrogen-bond acceptors (Lipinski definition) is 2. The monoisotopic (exact) mass is 180 g/mol. The minimum Gasteiger partial charge on any atom is -0.303 e. The Balaban J connectivity index is 2.89. The Morgan fingerprint density at radius 2 is 1.77 bits per heavy atom. The van der Waals surface area contributed by atoms with Crippen molar-refractivity contribution in [3.05, 3.63) is 35.6 Å². The molecule has 0 aliphatic heterocycles. The van der Waals surface area contributed by atoms with Crippen LogP contribution in [0.25, 0.3) is 0 Å². The second-order valence-electron chi connectivity index (χ2n) is 3.04. The highest BCUT2D eigenvalue weighted by molar-refractivity contribution is 5.98. The summed E-state index contributed by atoms with van der Waals surface area (Å²) in [4.78, 5) is 0. The molecule has 1 aromatic rings. The highest BCUT2D eigenvalue weighted by Gasteiger charge is 1.97. The van der Waals surface area contributed by atoms with Crippen LogP contribution in [0.4, 0.5) is 4.39 Å². The molecule has 0 aliphatic rings. The molecule has 0 aliphatic carbocycles. The molecule has 0 bridgehead atoms. The van der Waals surface area contributed by atoms with Gasteiger partial charge in [-0.3, -0.25) is 0 Å². The largest absolute Gasteiger partial charge is 0.303 e. The Morgan fingerprint density at radius 1 is 1.23 bits per heavy atom. The van der Waals surface area contributed by atoms with Crippen LogP contribution in [0.3, 0.4) is 0 Å². The first kappa shape index (κ1) is 9.71. The van der Waals surface area contributed by atoms with E-state index in [-0.39, 0.29) is 5.82 Å². The van der Waals surface area contributed by atoms with E-state index < -0.39 is 0 Å². The summed E-state index contributed by atoms with van der Waals surface area (Å²) in [7, 11) is 3.71. The normalized spacial score (nSPS) is 11.5. The summed E-state index contributed by atoms with van der Waals surface area (Å²) >= 11 is 0. The Hall–Kier alpha value is -1.38. The summed E-state index contributed by atoms with van der Waals surface area (Å²) in [6.45, 7) is 1.90. The van der Waals surface area contributed by atoms with Gasteiger partial charge in [0.05, 0.1) is 5.71 Å². The average molecular weight is 180 g/mol. The van der Waals surface area contributed by atoms with E-state index in [1.54, 1.807) is 17.1 Å². The molecule has 0 N–H and O–H groups in total. The Bertz CT molecular complexity index is 301. The van der Waals surface area contributed by atoms with Gasteiger partial charge in [0.25, 0.3) is 0 Å². The van der Waals surface area contributed by atoms with Gasteiger partial charge in [0.2, 0.25) is 0 Å². The number of hydrazone groups is 1. The van der Waals surface area contributed by atoms with Gasteiger partial charge >= 0.3 is 0 Å². The van der Waals surface area contributed by atoms with Gasteiger partial charge in [0, 0.05) is 14.1 Å². The smallest absolute Gasteiger partial charge is 0.123 e. The van der Waals surface area contributed by atoms with Crippen LogP contribution in [0.1, 0.15) is 12.5 Å². The standard InChI is InChI=1S/C10H13FN2/c1-8(12-13(2)3)9-4-6-10(11)7-5-9/h4-7H,1-3H3/b12-8-. The van der Waals surface area contributed by atoms with Crippen LogP contribution in [0.2, 0.25) is 0 Å². The van der Waals surface area contributed by atoms with Gasteiger partial charge in [-0.1, -0.05) is 12.1 Å². The lowest BCUT2D eigenvalue weighted by molar-refractivity contribution is 0.438. The van der Waals surface area contributed by atoms with E-state index >= 15 is 0 Å². The van der Waals surface area contributed by atoms with Crippen LogP contribution >= 0.6 is 0 Å². The van der Waals surface area contributed by atoms with Crippen LogP contribution in [-0.2, 0) is 0 Å². The maximum absolute atomic E-state index is 12.6. The highest BCUT2D eigenvalue weighted by atomic mass is 19.1. The van der Waals surface area contributed by atoms with Gasteiger partial charge in [-0.05, 0) is 24.6 Å². The van der Waals surface area contributed by atoms with Crippen molar-refractivity contribution in [3.63, 3.8) is 0 Å². The number of halogens is 1. The van der Waals surface area contributed by atoms with E-state index in [2.05, 4.69) is 5.10 Å². The average Bonchev–Trinajstić information content (AvgIpc) is 2.04. The fourth-order valence-electron chi connectivity index (χ4n) is 1.05. The maximum Gasteiger partial charge on any atom is 0.123 e. The summed E-state index contributed by atoms with van der Waals surface area (Å²) in [6.07, 6.45) is 0. The summed E-state index contributed by atoms with van der Waals surface area (Å²) in [5.74, 6) is -0.221. The van der Waals surface area contributed by atoms with Crippen molar-refractivity contribution in [2.45, 2.75) is 6.92 Å². The third kappa shape index (κ3) is 2.86. The van der Waals surface area contributed by atoms with Crippen molar-refractivity contribution in [2.75, 3.05) is 14.1 Å². The van der Waals surface area contributed by atoms with Gasteiger partial charge in [-0.15, -0.1) is 0 Å². The van der Waals surface area contributed by atoms with Crippen LogP contribution < -0.4 is 0 Å².